The molecule has 1 fully saturated rings. The highest BCUT2D eigenvalue weighted by Gasteiger charge is 2.25. The number of hydrogen-bond donors (Lipinski definition) is 1. The Morgan fingerprint density at radius 3 is 2.82 bits per heavy atom. The van der Waals surface area contributed by atoms with Crippen molar-refractivity contribution in [3.05, 3.63) is 28.7 Å². The molecule has 1 heterocycles. The van der Waals surface area contributed by atoms with Crippen LogP contribution in [0.2, 0.25) is 0 Å². The summed E-state index contributed by atoms with van der Waals surface area (Å²) in [5, 5.41) is 3.29. The van der Waals surface area contributed by atoms with Crippen LogP contribution in [0.5, 0.6) is 0 Å². The Bertz CT molecular complexity index is 369. The van der Waals surface area contributed by atoms with E-state index < -0.39 is 0 Å². The lowest BCUT2D eigenvalue weighted by molar-refractivity contribution is 0.265. The van der Waals surface area contributed by atoms with E-state index in [0.717, 1.165) is 26.2 Å². The number of anilines is 1. The van der Waals surface area contributed by atoms with Crippen LogP contribution < -0.4 is 10.2 Å². The first-order chi connectivity index (χ1) is 8.22. The highest BCUT2D eigenvalue weighted by atomic mass is 79.9. The van der Waals surface area contributed by atoms with Crippen LogP contribution in [0.1, 0.15) is 0 Å². The predicted octanol–water partition coefficient (Wildman–Crippen LogP) is 1.79. The second-order valence-electron chi connectivity index (χ2n) is 4.62. The van der Waals surface area contributed by atoms with Gasteiger partial charge in [0.2, 0.25) is 0 Å². The number of nitrogens with one attached hydrogen (secondary N) is 1. The van der Waals surface area contributed by atoms with Crippen LogP contribution >= 0.6 is 15.9 Å². The first-order valence-corrected chi connectivity index (χ1v) is 6.86. The summed E-state index contributed by atoms with van der Waals surface area (Å²) in [4.78, 5) is 4.90. The number of piperazine rings is 1. The fourth-order valence-electron chi connectivity index (χ4n) is 2.42. The Morgan fingerprint density at radius 2 is 2.12 bits per heavy atom. The SMILES string of the molecule is CNCC1CN(C)CCN1c1ccccc1Br. The van der Waals surface area contributed by atoms with E-state index >= 15 is 0 Å². The Balaban J connectivity index is 2.20. The lowest BCUT2D eigenvalue weighted by Crippen LogP contribution is -2.55. The van der Waals surface area contributed by atoms with E-state index in [9.17, 15) is 0 Å². The van der Waals surface area contributed by atoms with Gasteiger partial charge in [0, 0.05) is 30.7 Å². The molecule has 0 aromatic heterocycles. The van der Waals surface area contributed by atoms with Gasteiger partial charge in [0.25, 0.3) is 0 Å². The Labute approximate surface area is 112 Å². The van der Waals surface area contributed by atoms with Crippen LogP contribution in [-0.2, 0) is 0 Å². The molecule has 1 aromatic rings. The fraction of sp³-hybridized carbons (Fsp3) is 0.538. The van der Waals surface area contributed by atoms with Crippen molar-refractivity contribution in [1.29, 1.82) is 0 Å². The zero-order valence-corrected chi connectivity index (χ0v) is 12.1. The molecule has 17 heavy (non-hydrogen) atoms. The summed E-state index contributed by atoms with van der Waals surface area (Å²) in [6.07, 6.45) is 0. The van der Waals surface area contributed by atoms with E-state index in [-0.39, 0.29) is 0 Å². The Hall–Kier alpha value is -0.580. The molecule has 0 radical (unpaired) electrons. The third-order valence-electron chi connectivity index (χ3n) is 3.29. The van der Waals surface area contributed by atoms with Gasteiger partial charge in [-0.3, -0.25) is 0 Å². The Kier molecular flexibility index (Phi) is 4.42. The molecule has 1 aliphatic rings. The normalized spacial score (nSPS) is 21.8. The van der Waals surface area contributed by atoms with Crippen molar-refractivity contribution in [2.45, 2.75) is 6.04 Å². The van der Waals surface area contributed by atoms with Crippen LogP contribution in [0, 0.1) is 0 Å². The predicted molar refractivity (Wildman–Crippen MR) is 76.7 cm³/mol. The number of benzene rings is 1. The monoisotopic (exact) mass is 297 g/mol. The largest absolute Gasteiger partial charge is 0.364 e. The zero-order valence-electron chi connectivity index (χ0n) is 10.5. The molecule has 2 rings (SSSR count). The summed E-state index contributed by atoms with van der Waals surface area (Å²) in [7, 11) is 4.22. The van der Waals surface area contributed by atoms with Gasteiger partial charge in [0.1, 0.15) is 0 Å². The van der Waals surface area contributed by atoms with Crippen molar-refractivity contribution in [2.24, 2.45) is 0 Å². The van der Waals surface area contributed by atoms with Gasteiger partial charge in [-0.25, -0.2) is 0 Å². The van der Waals surface area contributed by atoms with Crippen LogP contribution in [0.3, 0.4) is 0 Å². The number of nitrogens with zero attached hydrogens (tertiary/aromatic N) is 2. The molecule has 1 atom stereocenters. The van der Waals surface area contributed by atoms with Crippen molar-refractivity contribution < 1.29 is 0 Å². The first kappa shape index (κ1) is 12.9. The van der Waals surface area contributed by atoms with E-state index in [1.165, 1.54) is 10.2 Å². The minimum absolute atomic E-state index is 0.539. The molecule has 1 aliphatic heterocycles. The fourth-order valence-corrected chi connectivity index (χ4v) is 2.94. The summed E-state index contributed by atoms with van der Waals surface area (Å²) in [5.74, 6) is 0. The number of halogens is 1. The molecule has 1 saturated heterocycles. The van der Waals surface area contributed by atoms with Crippen LogP contribution in [0.4, 0.5) is 5.69 Å². The van der Waals surface area contributed by atoms with Crippen molar-refractivity contribution in [3.8, 4) is 0 Å². The number of para-hydroxylation sites is 1. The van der Waals surface area contributed by atoms with Crippen molar-refractivity contribution >= 4 is 21.6 Å². The van der Waals surface area contributed by atoms with Gasteiger partial charge in [0.05, 0.1) is 11.7 Å². The van der Waals surface area contributed by atoms with E-state index in [2.05, 4.69) is 62.4 Å². The zero-order chi connectivity index (χ0) is 12.3. The molecule has 94 valence electrons. The second kappa shape index (κ2) is 5.85. The maximum atomic E-state index is 3.65. The summed E-state index contributed by atoms with van der Waals surface area (Å²) in [6, 6.07) is 9.02. The quantitative estimate of drug-likeness (QED) is 0.918. The maximum Gasteiger partial charge on any atom is 0.0542 e. The molecule has 3 nitrogen and oxygen atoms in total. The average molecular weight is 298 g/mol. The molecule has 1 unspecified atom stereocenters. The smallest absolute Gasteiger partial charge is 0.0542 e. The van der Waals surface area contributed by atoms with Crippen molar-refractivity contribution in [2.75, 3.05) is 45.2 Å². The van der Waals surface area contributed by atoms with E-state index in [4.69, 9.17) is 0 Å². The highest BCUT2D eigenvalue weighted by Crippen LogP contribution is 2.28. The topological polar surface area (TPSA) is 18.5 Å². The van der Waals surface area contributed by atoms with Crippen LogP contribution in [-0.4, -0.2) is 51.2 Å². The molecule has 0 spiro atoms. The van der Waals surface area contributed by atoms with Gasteiger partial charge in [-0.2, -0.15) is 0 Å². The summed E-state index contributed by atoms with van der Waals surface area (Å²) in [5.41, 5.74) is 1.31. The standard InChI is InChI=1S/C13H20BrN3/c1-15-9-11-10-16(2)7-8-17(11)13-6-4-3-5-12(13)14/h3-6,11,15H,7-10H2,1-2H3. The summed E-state index contributed by atoms with van der Waals surface area (Å²) < 4.78 is 1.19. The van der Waals surface area contributed by atoms with E-state index in [0.29, 0.717) is 6.04 Å². The molecule has 0 aliphatic carbocycles. The minimum atomic E-state index is 0.539. The number of rotatable bonds is 3. The third-order valence-corrected chi connectivity index (χ3v) is 3.96. The highest BCUT2D eigenvalue weighted by molar-refractivity contribution is 9.10. The summed E-state index contributed by atoms with van der Waals surface area (Å²) in [6.45, 7) is 4.35. The van der Waals surface area contributed by atoms with Gasteiger partial charge in [0.15, 0.2) is 0 Å². The van der Waals surface area contributed by atoms with Crippen LogP contribution in [0.25, 0.3) is 0 Å². The minimum Gasteiger partial charge on any atom is -0.364 e. The van der Waals surface area contributed by atoms with Gasteiger partial charge in [-0.05, 0) is 42.2 Å². The molecular formula is C13H20BrN3. The lowest BCUT2D eigenvalue weighted by atomic mass is 10.1. The molecular weight excluding hydrogens is 278 g/mol. The van der Waals surface area contributed by atoms with Gasteiger partial charge in [-0.15, -0.1) is 0 Å². The molecule has 4 heteroatoms. The van der Waals surface area contributed by atoms with Crippen molar-refractivity contribution in [1.82, 2.24) is 10.2 Å². The van der Waals surface area contributed by atoms with Crippen molar-refractivity contribution in [3.63, 3.8) is 0 Å². The maximum absolute atomic E-state index is 3.65. The first-order valence-electron chi connectivity index (χ1n) is 6.06. The van der Waals surface area contributed by atoms with Gasteiger partial charge in [-0.1, -0.05) is 12.1 Å². The molecule has 1 N–H and O–H groups in total. The molecule has 1 aromatic carbocycles. The van der Waals surface area contributed by atoms with E-state index in [1.807, 2.05) is 7.05 Å². The number of likely N-dealkylation sites (N-methyl/N-ethyl adjacent to an activating group) is 2. The molecule has 0 saturated carbocycles. The average Bonchev–Trinajstić information content (AvgIpc) is 2.31. The second-order valence-corrected chi connectivity index (χ2v) is 5.47. The third kappa shape index (κ3) is 3.00. The number of hydrogen-bond acceptors (Lipinski definition) is 3. The van der Waals surface area contributed by atoms with Crippen LogP contribution in [0.15, 0.2) is 28.7 Å². The van der Waals surface area contributed by atoms with Gasteiger partial charge >= 0.3 is 0 Å². The Morgan fingerprint density at radius 1 is 1.35 bits per heavy atom. The van der Waals surface area contributed by atoms with E-state index in [1.54, 1.807) is 0 Å². The molecule has 0 bridgehead atoms. The lowest BCUT2D eigenvalue weighted by Gasteiger charge is -2.42. The summed E-state index contributed by atoms with van der Waals surface area (Å²) >= 11 is 3.65. The van der Waals surface area contributed by atoms with Gasteiger partial charge < -0.3 is 15.1 Å². The molecule has 0 amide bonds.